The standard InChI is InChI=1S/C35H71NO4/c1-5-8-11-13-15-17-19-21-26-33(37)30-36(28-24-23-25-32(4)35(39)40-29-10-7-3)31-34(38)27-22-20-18-16-14-12-9-6-2/h32-34,37-38H,5-31H2,1-4H3/t32?,33-,34-/m1/s1. The van der Waals surface area contributed by atoms with Crippen molar-refractivity contribution in [1.82, 2.24) is 4.90 Å². The van der Waals surface area contributed by atoms with Crippen LogP contribution in [0.4, 0.5) is 0 Å². The Bertz CT molecular complexity index is 502. The summed E-state index contributed by atoms with van der Waals surface area (Å²) in [5, 5.41) is 21.6. The highest BCUT2D eigenvalue weighted by Gasteiger charge is 2.17. The molecule has 40 heavy (non-hydrogen) atoms. The highest BCUT2D eigenvalue weighted by Crippen LogP contribution is 2.15. The number of carbonyl (C=O) groups excluding carboxylic acids is 1. The molecule has 0 amide bonds. The zero-order valence-electron chi connectivity index (χ0n) is 27.5. The summed E-state index contributed by atoms with van der Waals surface area (Å²) >= 11 is 0. The summed E-state index contributed by atoms with van der Waals surface area (Å²) in [6.45, 7) is 11.2. The molecule has 0 aromatic rings. The van der Waals surface area contributed by atoms with Gasteiger partial charge in [-0.25, -0.2) is 0 Å². The third-order valence-corrected chi connectivity index (χ3v) is 8.23. The zero-order chi connectivity index (χ0) is 29.7. The first-order valence-corrected chi connectivity index (χ1v) is 17.7. The number of ether oxygens (including phenoxy) is 1. The van der Waals surface area contributed by atoms with Crippen molar-refractivity contribution in [2.24, 2.45) is 5.92 Å². The second-order valence-electron chi connectivity index (χ2n) is 12.5. The fourth-order valence-electron chi connectivity index (χ4n) is 5.43. The average Bonchev–Trinajstić information content (AvgIpc) is 2.93. The molecule has 0 aliphatic rings. The summed E-state index contributed by atoms with van der Waals surface area (Å²) < 4.78 is 5.37. The van der Waals surface area contributed by atoms with Gasteiger partial charge < -0.3 is 14.9 Å². The molecular formula is C35H71NO4. The smallest absolute Gasteiger partial charge is 0.308 e. The number of hydrogen-bond donors (Lipinski definition) is 2. The van der Waals surface area contributed by atoms with Gasteiger partial charge >= 0.3 is 5.97 Å². The van der Waals surface area contributed by atoms with E-state index in [1.165, 1.54) is 89.9 Å². The molecule has 0 saturated heterocycles. The van der Waals surface area contributed by atoms with Gasteiger partial charge in [0, 0.05) is 13.1 Å². The maximum absolute atomic E-state index is 12.2. The first-order chi connectivity index (χ1) is 19.4. The van der Waals surface area contributed by atoms with Gasteiger partial charge in [-0.3, -0.25) is 9.69 Å². The Labute approximate surface area is 250 Å². The van der Waals surface area contributed by atoms with Crippen molar-refractivity contribution in [1.29, 1.82) is 0 Å². The summed E-state index contributed by atoms with van der Waals surface area (Å²) in [4.78, 5) is 14.4. The van der Waals surface area contributed by atoms with Crippen LogP contribution in [0.15, 0.2) is 0 Å². The fraction of sp³-hybridized carbons (Fsp3) is 0.971. The van der Waals surface area contributed by atoms with Crippen molar-refractivity contribution in [2.45, 2.75) is 188 Å². The number of aliphatic hydroxyl groups excluding tert-OH is 2. The second-order valence-corrected chi connectivity index (χ2v) is 12.5. The van der Waals surface area contributed by atoms with Crippen LogP contribution in [0.2, 0.25) is 0 Å². The molecule has 0 aliphatic carbocycles. The van der Waals surface area contributed by atoms with E-state index in [9.17, 15) is 15.0 Å². The minimum absolute atomic E-state index is 0.0644. The molecule has 0 aromatic heterocycles. The monoisotopic (exact) mass is 570 g/mol. The normalized spacial score (nSPS) is 14.0. The molecule has 0 spiro atoms. The Kier molecular flexibility index (Phi) is 29.3. The molecule has 0 heterocycles. The van der Waals surface area contributed by atoms with Gasteiger partial charge in [-0.2, -0.15) is 0 Å². The van der Waals surface area contributed by atoms with E-state index in [0.717, 1.165) is 64.3 Å². The predicted octanol–water partition coefficient (Wildman–Crippen LogP) is 9.22. The lowest BCUT2D eigenvalue weighted by molar-refractivity contribution is -0.148. The number of rotatable bonds is 31. The minimum atomic E-state index is -0.331. The number of hydrogen-bond acceptors (Lipinski definition) is 5. The highest BCUT2D eigenvalue weighted by atomic mass is 16.5. The summed E-state index contributed by atoms with van der Waals surface area (Å²) in [6, 6.07) is 0. The van der Waals surface area contributed by atoms with E-state index < -0.39 is 0 Å². The van der Waals surface area contributed by atoms with Crippen LogP contribution >= 0.6 is 0 Å². The van der Waals surface area contributed by atoms with Crippen molar-refractivity contribution < 1.29 is 19.7 Å². The summed E-state index contributed by atoms with van der Waals surface area (Å²) in [6.07, 6.45) is 26.2. The SMILES string of the molecule is CCCCCCCCCC[C@@H](O)CN(CCCCC(C)C(=O)OCCCC)C[C@H](O)CCCCCCCCCC. The van der Waals surface area contributed by atoms with Gasteiger partial charge in [-0.1, -0.05) is 143 Å². The van der Waals surface area contributed by atoms with Gasteiger partial charge in [-0.15, -0.1) is 0 Å². The molecule has 0 fully saturated rings. The number of aliphatic hydroxyl groups is 2. The van der Waals surface area contributed by atoms with Crippen LogP contribution in [0.3, 0.4) is 0 Å². The average molecular weight is 570 g/mol. The number of carbonyl (C=O) groups is 1. The van der Waals surface area contributed by atoms with Gasteiger partial charge in [-0.05, 0) is 38.6 Å². The first kappa shape index (κ1) is 39.4. The van der Waals surface area contributed by atoms with Crippen LogP contribution in [0.25, 0.3) is 0 Å². The van der Waals surface area contributed by atoms with Gasteiger partial charge in [0.05, 0.1) is 24.7 Å². The Hall–Kier alpha value is -0.650. The van der Waals surface area contributed by atoms with Crippen LogP contribution in [0.1, 0.15) is 175 Å². The Morgan fingerprint density at radius 2 is 0.975 bits per heavy atom. The minimum Gasteiger partial charge on any atom is -0.465 e. The Morgan fingerprint density at radius 3 is 1.43 bits per heavy atom. The molecule has 1 unspecified atom stereocenters. The highest BCUT2D eigenvalue weighted by molar-refractivity contribution is 5.71. The molecule has 0 radical (unpaired) electrons. The van der Waals surface area contributed by atoms with Crippen LogP contribution in [0.5, 0.6) is 0 Å². The van der Waals surface area contributed by atoms with Crippen LogP contribution < -0.4 is 0 Å². The maximum atomic E-state index is 12.2. The van der Waals surface area contributed by atoms with Gasteiger partial charge in [0.25, 0.3) is 0 Å². The maximum Gasteiger partial charge on any atom is 0.308 e. The van der Waals surface area contributed by atoms with E-state index in [1.807, 2.05) is 6.92 Å². The molecular weight excluding hydrogens is 498 g/mol. The lowest BCUT2D eigenvalue weighted by Crippen LogP contribution is -2.38. The molecule has 2 N–H and O–H groups in total. The Morgan fingerprint density at radius 1 is 0.575 bits per heavy atom. The van der Waals surface area contributed by atoms with E-state index in [-0.39, 0.29) is 24.1 Å². The van der Waals surface area contributed by atoms with Crippen LogP contribution in [-0.4, -0.2) is 59.5 Å². The Balaban J connectivity index is 4.41. The second kappa shape index (κ2) is 29.8. The van der Waals surface area contributed by atoms with Crippen molar-refractivity contribution in [3.63, 3.8) is 0 Å². The summed E-state index contributed by atoms with van der Waals surface area (Å²) in [7, 11) is 0. The molecule has 0 saturated carbocycles. The number of nitrogens with zero attached hydrogens (tertiary/aromatic N) is 1. The third-order valence-electron chi connectivity index (χ3n) is 8.23. The fourth-order valence-corrected chi connectivity index (χ4v) is 5.43. The molecule has 0 aliphatic heterocycles. The van der Waals surface area contributed by atoms with E-state index in [1.54, 1.807) is 0 Å². The van der Waals surface area contributed by atoms with Crippen LogP contribution in [0, 0.1) is 5.92 Å². The number of esters is 1. The zero-order valence-corrected chi connectivity index (χ0v) is 27.5. The molecule has 5 nitrogen and oxygen atoms in total. The number of unbranched alkanes of at least 4 members (excludes halogenated alkanes) is 16. The van der Waals surface area contributed by atoms with E-state index in [4.69, 9.17) is 4.74 Å². The van der Waals surface area contributed by atoms with Crippen molar-refractivity contribution in [3.8, 4) is 0 Å². The molecule has 240 valence electrons. The third kappa shape index (κ3) is 26.3. The van der Waals surface area contributed by atoms with E-state index in [0.29, 0.717) is 19.7 Å². The predicted molar refractivity (Wildman–Crippen MR) is 172 cm³/mol. The van der Waals surface area contributed by atoms with Crippen molar-refractivity contribution >= 4 is 5.97 Å². The summed E-state index contributed by atoms with van der Waals surface area (Å²) in [5.41, 5.74) is 0. The molecule has 0 aromatic carbocycles. The van der Waals surface area contributed by atoms with Crippen molar-refractivity contribution in [3.05, 3.63) is 0 Å². The quantitative estimate of drug-likeness (QED) is 0.0643. The summed E-state index contributed by atoms with van der Waals surface area (Å²) in [5.74, 6) is -0.141. The molecule has 0 rings (SSSR count). The molecule has 0 bridgehead atoms. The van der Waals surface area contributed by atoms with E-state index >= 15 is 0 Å². The molecule has 3 atom stereocenters. The lowest BCUT2D eigenvalue weighted by atomic mass is 10.0. The van der Waals surface area contributed by atoms with Gasteiger partial charge in [0.15, 0.2) is 0 Å². The largest absolute Gasteiger partial charge is 0.465 e. The van der Waals surface area contributed by atoms with Gasteiger partial charge in [0.2, 0.25) is 0 Å². The van der Waals surface area contributed by atoms with E-state index in [2.05, 4.69) is 25.7 Å². The molecule has 5 heteroatoms. The van der Waals surface area contributed by atoms with Gasteiger partial charge in [0.1, 0.15) is 0 Å². The first-order valence-electron chi connectivity index (χ1n) is 17.7. The van der Waals surface area contributed by atoms with Crippen LogP contribution in [-0.2, 0) is 9.53 Å². The lowest BCUT2D eigenvalue weighted by Gasteiger charge is -2.27. The van der Waals surface area contributed by atoms with Crippen molar-refractivity contribution in [2.75, 3.05) is 26.2 Å². The topological polar surface area (TPSA) is 70.0 Å².